The Kier molecular flexibility index (Phi) is 5.31. The summed E-state index contributed by atoms with van der Waals surface area (Å²) in [6.07, 6.45) is 3.24. The van der Waals surface area contributed by atoms with Crippen LogP contribution in [0, 0.1) is 0 Å². The number of nitrogens with zero attached hydrogens (tertiary/aromatic N) is 2. The van der Waals surface area contributed by atoms with Gasteiger partial charge in [0.15, 0.2) is 0 Å². The largest absolute Gasteiger partial charge is 0.353 e. The lowest BCUT2D eigenvalue weighted by Gasteiger charge is -2.17. The highest BCUT2D eigenvalue weighted by Gasteiger charge is 2.13. The zero-order chi connectivity index (χ0) is 17.6. The van der Waals surface area contributed by atoms with Crippen molar-refractivity contribution in [2.45, 2.75) is 6.54 Å². The summed E-state index contributed by atoms with van der Waals surface area (Å²) < 4.78 is 0. The molecule has 0 atom stereocenters. The number of pyridine rings is 1. The van der Waals surface area contributed by atoms with Crippen LogP contribution in [0.5, 0.6) is 0 Å². The van der Waals surface area contributed by atoms with Gasteiger partial charge in [-0.2, -0.15) is 0 Å². The van der Waals surface area contributed by atoms with E-state index < -0.39 is 0 Å². The first-order chi connectivity index (χ1) is 12.1. The highest BCUT2D eigenvalue weighted by Crippen LogP contribution is 2.25. The third kappa shape index (κ3) is 4.37. The van der Waals surface area contributed by atoms with Crippen LogP contribution in [0.15, 0.2) is 73.1 Å². The van der Waals surface area contributed by atoms with Crippen molar-refractivity contribution in [2.75, 3.05) is 12.4 Å². The molecule has 126 valence electrons. The number of carbonyl (C=O) groups is 1. The van der Waals surface area contributed by atoms with Crippen LogP contribution in [0.3, 0.4) is 0 Å². The maximum atomic E-state index is 12.7. The van der Waals surface area contributed by atoms with E-state index in [1.165, 1.54) is 0 Å². The summed E-state index contributed by atoms with van der Waals surface area (Å²) in [4.78, 5) is 18.5. The molecule has 0 unspecified atom stereocenters. The van der Waals surface area contributed by atoms with Crippen LogP contribution in [-0.4, -0.2) is 22.8 Å². The topological polar surface area (TPSA) is 45.2 Å². The van der Waals surface area contributed by atoms with Crippen LogP contribution in [0.2, 0.25) is 5.02 Å². The monoisotopic (exact) mass is 351 g/mol. The quantitative estimate of drug-likeness (QED) is 0.721. The molecule has 25 heavy (non-hydrogen) atoms. The summed E-state index contributed by atoms with van der Waals surface area (Å²) in [5, 5.41) is 3.80. The fraction of sp³-hybridized carbons (Fsp3) is 0.100. The van der Waals surface area contributed by atoms with Gasteiger partial charge in [0, 0.05) is 19.8 Å². The Morgan fingerprint density at radius 2 is 1.80 bits per heavy atom. The van der Waals surface area contributed by atoms with Gasteiger partial charge in [0.1, 0.15) is 0 Å². The highest BCUT2D eigenvalue weighted by molar-refractivity contribution is 6.33. The van der Waals surface area contributed by atoms with E-state index >= 15 is 0 Å². The molecule has 0 saturated carbocycles. The summed E-state index contributed by atoms with van der Waals surface area (Å²) in [5.74, 6) is -0.0841. The number of halogens is 1. The number of nitrogens with one attached hydrogen (secondary N) is 1. The lowest BCUT2D eigenvalue weighted by Crippen LogP contribution is -2.26. The number of rotatable bonds is 5. The van der Waals surface area contributed by atoms with Crippen LogP contribution in [0.25, 0.3) is 0 Å². The van der Waals surface area contributed by atoms with Crippen molar-refractivity contribution in [3.63, 3.8) is 0 Å². The molecule has 3 aromatic rings. The van der Waals surface area contributed by atoms with E-state index in [2.05, 4.69) is 10.3 Å². The van der Waals surface area contributed by atoms with E-state index in [9.17, 15) is 4.79 Å². The van der Waals surface area contributed by atoms with Crippen LogP contribution >= 0.6 is 11.6 Å². The second-order valence-corrected chi connectivity index (χ2v) is 6.12. The van der Waals surface area contributed by atoms with E-state index in [4.69, 9.17) is 11.6 Å². The lowest BCUT2D eigenvalue weighted by molar-refractivity contribution is 0.0784. The Morgan fingerprint density at radius 3 is 2.56 bits per heavy atom. The molecule has 0 spiro atoms. The minimum absolute atomic E-state index is 0.0841. The number of amides is 1. The Labute approximate surface area is 152 Å². The first-order valence-corrected chi connectivity index (χ1v) is 8.27. The van der Waals surface area contributed by atoms with Crippen LogP contribution in [-0.2, 0) is 6.54 Å². The Bertz CT molecular complexity index is 868. The van der Waals surface area contributed by atoms with Gasteiger partial charge in [-0.15, -0.1) is 0 Å². The predicted molar refractivity (Wildman–Crippen MR) is 101 cm³/mol. The number of aromatic nitrogens is 1. The fourth-order valence-electron chi connectivity index (χ4n) is 2.49. The van der Waals surface area contributed by atoms with Crippen molar-refractivity contribution in [1.29, 1.82) is 0 Å². The molecule has 2 aromatic carbocycles. The fourth-order valence-corrected chi connectivity index (χ4v) is 2.68. The van der Waals surface area contributed by atoms with Gasteiger partial charge in [0.05, 0.1) is 28.2 Å². The van der Waals surface area contributed by atoms with Crippen molar-refractivity contribution in [2.24, 2.45) is 0 Å². The van der Waals surface area contributed by atoms with E-state index in [1.54, 1.807) is 36.5 Å². The molecule has 3 rings (SSSR count). The number of hydrogen-bond donors (Lipinski definition) is 1. The van der Waals surface area contributed by atoms with Gasteiger partial charge in [0.25, 0.3) is 5.91 Å². The molecule has 4 nitrogen and oxygen atoms in total. The van der Waals surface area contributed by atoms with Crippen LogP contribution < -0.4 is 5.32 Å². The molecule has 0 radical (unpaired) electrons. The lowest BCUT2D eigenvalue weighted by atomic mass is 10.2. The number of hydrogen-bond acceptors (Lipinski definition) is 3. The standard InChI is InChI=1S/C20H18ClN3O/c1-24(14-15-7-3-2-4-8-15)20(25)16-11-17(13-22-12-16)23-19-10-6-5-9-18(19)21/h2-13,23H,14H2,1H3. The molecule has 0 aliphatic heterocycles. The maximum absolute atomic E-state index is 12.7. The molecule has 0 fully saturated rings. The minimum Gasteiger partial charge on any atom is -0.353 e. The Morgan fingerprint density at radius 1 is 1.08 bits per heavy atom. The van der Waals surface area contributed by atoms with Gasteiger partial charge in [-0.25, -0.2) is 0 Å². The van der Waals surface area contributed by atoms with Crippen LogP contribution in [0.4, 0.5) is 11.4 Å². The number of anilines is 2. The highest BCUT2D eigenvalue weighted by atomic mass is 35.5. The molecule has 1 heterocycles. The van der Waals surface area contributed by atoms with E-state index in [0.717, 1.165) is 11.3 Å². The minimum atomic E-state index is -0.0841. The van der Waals surface area contributed by atoms with Crippen molar-refractivity contribution in [3.8, 4) is 0 Å². The molecule has 1 amide bonds. The van der Waals surface area contributed by atoms with E-state index in [-0.39, 0.29) is 5.91 Å². The van der Waals surface area contributed by atoms with Gasteiger partial charge < -0.3 is 10.2 Å². The molecule has 0 aliphatic carbocycles. The van der Waals surface area contributed by atoms with Gasteiger partial charge in [-0.1, -0.05) is 54.1 Å². The SMILES string of the molecule is CN(Cc1ccccc1)C(=O)c1cncc(Nc2ccccc2Cl)c1. The Hall–Kier alpha value is -2.85. The molecule has 1 aromatic heterocycles. The third-order valence-corrected chi connectivity index (χ3v) is 4.08. The summed E-state index contributed by atoms with van der Waals surface area (Å²) >= 11 is 6.16. The second-order valence-electron chi connectivity index (χ2n) is 5.71. The molecule has 0 saturated heterocycles. The van der Waals surface area contributed by atoms with Gasteiger partial charge in [-0.05, 0) is 23.8 Å². The average Bonchev–Trinajstić information content (AvgIpc) is 2.64. The Balaban J connectivity index is 1.74. The summed E-state index contributed by atoms with van der Waals surface area (Å²) in [5.41, 5.74) is 3.09. The number of carbonyl (C=O) groups excluding carboxylic acids is 1. The zero-order valence-electron chi connectivity index (χ0n) is 13.8. The van der Waals surface area contributed by atoms with E-state index in [1.807, 2.05) is 48.5 Å². The first-order valence-electron chi connectivity index (χ1n) is 7.89. The smallest absolute Gasteiger partial charge is 0.255 e. The molecular formula is C20H18ClN3O. The van der Waals surface area contributed by atoms with Crippen molar-refractivity contribution >= 4 is 28.9 Å². The van der Waals surface area contributed by atoms with Gasteiger partial charge >= 0.3 is 0 Å². The predicted octanol–water partition coefficient (Wildman–Crippen LogP) is 4.75. The summed E-state index contributed by atoms with van der Waals surface area (Å²) in [6, 6.07) is 19.1. The summed E-state index contributed by atoms with van der Waals surface area (Å²) in [6.45, 7) is 0.543. The number of para-hydroxylation sites is 1. The van der Waals surface area contributed by atoms with Crippen molar-refractivity contribution in [1.82, 2.24) is 9.88 Å². The molecular weight excluding hydrogens is 334 g/mol. The third-order valence-electron chi connectivity index (χ3n) is 3.75. The molecule has 5 heteroatoms. The van der Waals surface area contributed by atoms with Gasteiger partial charge in [-0.3, -0.25) is 9.78 Å². The second kappa shape index (κ2) is 7.81. The number of benzene rings is 2. The normalized spacial score (nSPS) is 10.3. The summed E-state index contributed by atoms with van der Waals surface area (Å²) in [7, 11) is 1.78. The molecule has 1 N–H and O–H groups in total. The van der Waals surface area contributed by atoms with Gasteiger partial charge in [0.2, 0.25) is 0 Å². The first kappa shape index (κ1) is 17.0. The van der Waals surface area contributed by atoms with E-state index in [0.29, 0.717) is 22.8 Å². The molecule has 0 bridgehead atoms. The average molecular weight is 352 g/mol. The zero-order valence-corrected chi connectivity index (χ0v) is 14.6. The maximum Gasteiger partial charge on any atom is 0.255 e. The van der Waals surface area contributed by atoms with Crippen LogP contribution in [0.1, 0.15) is 15.9 Å². The van der Waals surface area contributed by atoms with Crippen molar-refractivity contribution in [3.05, 3.63) is 89.2 Å². The van der Waals surface area contributed by atoms with Crippen molar-refractivity contribution < 1.29 is 4.79 Å². The molecule has 0 aliphatic rings.